The quantitative estimate of drug-likeness (QED) is 0.836. The molecule has 2 N–H and O–H groups in total. The second-order valence-electron chi connectivity index (χ2n) is 5.65. The Morgan fingerprint density at radius 1 is 1.45 bits per heavy atom. The van der Waals surface area contributed by atoms with Crippen LogP contribution < -0.4 is 15.4 Å². The van der Waals surface area contributed by atoms with Crippen molar-refractivity contribution in [1.82, 2.24) is 10.6 Å². The van der Waals surface area contributed by atoms with E-state index >= 15 is 0 Å². The third-order valence-electron chi connectivity index (χ3n) is 4.16. The second-order valence-corrected chi connectivity index (χ2v) is 6.06. The number of fused-ring (bicyclic) bond motifs is 1. The predicted octanol–water partition coefficient (Wildman–Crippen LogP) is 2.42. The predicted molar refractivity (Wildman–Crippen MR) is 78.1 cm³/mol. The zero-order chi connectivity index (χ0) is 14.2. The van der Waals surface area contributed by atoms with E-state index in [2.05, 4.69) is 10.6 Å². The molecule has 1 amide bonds. The van der Waals surface area contributed by atoms with Gasteiger partial charge < -0.3 is 15.4 Å². The molecule has 1 aromatic carbocycles. The van der Waals surface area contributed by atoms with E-state index in [0.29, 0.717) is 5.02 Å². The number of halogens is 1. The van der Waals surface area contributed by atoms with Crippen LogP contribution in [-0.2, 0) is 4.79 Å². The summed E-state index contributed by atoms with van der Waals surface area (Å²) in [5, 5.41) is 7.01. The molecule has 108 valence electrons. The maximum absolute atomic E-state index is 11.5. The smallest absolute Gasteiger partial charge is 0.217 e. The summed E-state index contributed by atoms with van der Waals surface area (Å²) in [6, 6.07) is 5.70. The highest BCUT2D eigenvalue weighted by atomic mass is 35.5. The first-order chi connectivity index (χ1) is 9.60. The van der Waals surface area contributed by atoms with Crippen LogP contribution in [0.4, 0.5) is 0 Å². The van der Waals surface area contributed by atoms with E-state index in [4.69, 9.17) is 16.3 Å². The minimum atomic E-state index is -0.212. The third kappa shape index (κ3) is 2.50. The fourth-order valence-corrected chi connectivity index (χ4v) is 3.43. The van der Waals surface area contributed by atoms with Crippen molar-refractivity contribution in [3.8, 4) is 5.75 Å². The zero-order valence-electron chi connectivity index (χ0n) is 11.5. The van der Waals surface area contributed by atoms with Gasteiger partial charge in [-0.1, -0.05) is 23.7 Å². The highest BCUT2D eigenvalue weighted by Crippen LogP contribution is 2.46. The number of ether oxygens (including phenoxy) is 1. The Labute approximate surface area is 123 Å². The summed E-state index contributed by atoms with van der Waals surface area (Å²) in [6.07, 6.45) is 2.68. The Morgan fingerprint density at radius 3 is 2.90 bits per heavy atom. The molecule has 0 radical (unpaired) electrons. The molecule has 2 aliphatic rings. The van der Waals surface area contributed by atoms with Crippen molar-refractivity contribution < 1.29 is 9.53 Å². The molecule has 1 saturated heterocycles. The summed E-state index contributed by atoms with van der Waals surface area (Å²) in [5.41, 5.74) is 0.771. The standard InChI is InChI=1S/C15H19ClN2O2/c1-10(19)18-13-9-15(5-7-17-8-6-15)20-14-11(13)3-2-4-12(14)16/h2-4,13,17H,5-9H2,1H3,(H,18,19). The summed E-state index contributed by atoms with van der Waals surface area (Å²) in [7, 11) is 0. The molecule has 1 atom stereocenters. The fraction of sp³-hybridized carbons (Fsp3) is 0.533. The van der Waals surface area contributed by atoms with Gasteiger partial charge in [0.2, 0.25) is 5.91 Å². The average molecular weight is 295 g/mol. The molecule has 2 heterocycles. The number of carbonyl (C=O) groups excluding carboxylic acids is 1. The van der Waals surface area contributed by atoms with E-state index < -0.39 is 0 Å². The number of benzene rings is 1. The van der Waals surface area contributed by atoms with Gasteiger partial charge in [0.05, 0.1) is 11.1 Å². The van der Waals surface area contributed by atoms with Crippen LogP contribution in [0, 0.1) is 0 Å². The van der Waals surface area contributed by atoms with Crippen molar-refractivity contribution in [3.63, 3.8) is 0 Å². The van der Waals surface area contributed by atoms with Gasteiger partial charge in [-0.05, 0) is 32.0 Å². The van der Waals surface area contributed by atoms with Crippen LogP contribution in [0.3, 0.4) is 0 Å². The summed E-state index contributed by atoms with van der Waals surface area (Å²) in [4.78, 5) is 11.5. The monoisotopic (exact) mass is 294 g/mol. The SMILES string of the molecule is CC(=O)NC1CC2(CCNCC2)Oc2c(Cl)cccc21. The van der Waals surface area contributed by atoms with Crippen LogP contribution in [0.5, 0.6) is 5.75 Å². The topological polar surface area (TPSA) is 50.4 Å². The van der Waals surface area contributed by atoms with Crippen LogP contribution in [-0.4, -0.2) is 24.6 Å². The Kier molecular flexibility index (Phi) is 3.61. The number of carbonyl (C=O) groups is 1. The molecular weight excluding hydrogens is 276 g/mol. The van der Waals surface area contributed by atoms with E-state index in [1.165, 1.54) is 0 Å². The zero-order valence-corrected chi connectivity index (χ0v) is 12.3. The van der Waals surface area contributed by atoms with Gasteiger partial charge >= 0.3 is 0 Å². The number of piperidine rings is 1. The average Bonchev–Trinajstić information content (AvgIpc) is 2.40. The molecular formula is C15H19ClN2O2. The van der Waals surface area contributed by atoms with E-state index in [1.807, 2.05) is 18.2 Å². The van der Waals surface area contributed by atoms with Crippen LogP contribution in [0.15, 0.2) is 18.2 Å². The van der Waals surface area contributed by atoms with Gasteiger partial charge in [-0.25, -0.2) is 0 Å². The van der Waals surface area contributed by atoms with Crippen LogP contribution in [0.2, 0.25) is 5.02 Å². The molecule has 0 bridgehead atoms. The van der Waals surface area contributed by atoms with Gasteiger partial charge in [-0.2, -0.15) is 0 Å². The molecule has 1 fully saturated rings. The van der Waals surface area contributed by atoms with Crippen LogP contribution in [0.25, 0.3) is 0 Å². The molecule has 1 aromatic rings. The van der Waals surface area contributed by atoms with Gasteiger partial charge in [0.1, 0.15) is 11.4 Å². The van der Waals surface area contributed by atoms with E-state index in [9.17, 15) is 4.79 Å². The van der Waals surface area contributed by atoms with Gasteiger partial charge in [0, 0.05) is 18.9 Å². The second kappa shape index (κ2) is 5.26. The highest BCUT2D eigenvalue weighted by Gasteiger charge is 2.42. The molecule has 1 spiro atoms. The maximum Gasteiger partial charge on any atom is 0.217 e. The molecule has 4 nitrogen and oxygen atoms in total. The number of amides is 1. The highest BCUT2D eigenvalue weighted by molar-refractivity contribution is 6.32. The van der Waals surface area contributed by atoms with Gasteiger partial charge in [0.15, 0.2) is 0 Å². The molecule has 20 heavy (non-hydrogen) atoms. The van der Waals surface area contributed by atoms with Crippen LogP contribution >= 0.6 is 11.6 Å². The summed E-state index contributed by atoms with van der Waals surface area (Å²) >= 11 is 6.29. The molecule has 3 rings (SSSR count). The summed E-state index contributed by atoms with van der Waals surface area (Å²) in [6.45, 7) is 3.42. The lowest BCUT2D eigenvalue weighted by Gasteiger charge is -2.45. The minimum absolute atomic E-state index is 0.0203. The number of rotatable bonds is 1. The lowest BCUT2D eigenvalue weighted by atomic mass is 9.81. The first-order valence-electron chi connectivity index (χ1n) is 7.05. The van der Waals surface area contributed by atoms with Gasteiger partial charge in [-0.15, -0.1) is 0 Å². The molecule has 0 aliphatic carbocycles. The Hall–Kier alpha value is -1.26. The summed E-state index contributed by atoms with van der Waals surface area (Å²) < 4.78 is 6.28. The Balaban J connectivity index is 1.98. The van der Waals surface area contributed by atoms with E-state index in [-0.39, 0.29) is 17.6 Å². The van der Waals surface area contributed by atoms with Crippen molar-refractivity contribution in [1.29, 1.82) is 0 Å². The first-order valence-corrected chi connectivity index (χ1v) is 7.43. The molecule has 0 aromatic heterocycles. The number of nitrogens with one attached hydrogen (secondary N) is 2. The maximum atomic E-state index is 11.5. The molecule has 2 aliphatic heterocycles. The Morgan fingerprint density at radius 2 is 2.20 bits per heavy atom. The van der Waals surface area contributed by atoms with Crippen molar-refractivity contribution in [2.45, 2.75) is 37.8 Å². The molecule has 0 saturated carbocycles. The number of para-hydroxylation sites is 1. The lowest BCUT2D eigenvalue weighted by molar-refractivity contribution is -0.120. The van der Waals surface area contributed by atoms with E-state index in [0.717, 1.165) is 43.7 Å². The van der Waals surface area contributed by atoms with E-state index in [1.54, 1.807) is 6.92 Å². The number of hydrogen-bond donors (Lipinski definition) is 2. The molecule has 1 unspecified atom stereocenters. The first kappa shape index (κ1) is 13.7. The molecule has 5 heteroatoms. The summed E-state index contributed by atoms with van der Waals surface area (Å²) in [5.74, 6) is 0.716. The minimum Gasteiger partial charge on any atom is -0.485 e. The van der Waals surface area contributed by atoms with Crippen molar-refractivity contribution >= 4 is 17.5 Å². The van der Waals surface area contributed by atoms with Crippen molar-refractivity contribution in [2.75, 3.05) is 13.1 Å². The lowest BCUT2D eigenvalue weighted by Crippen LogP contribution is -2.51. The fourth-order valence-electron chi connectivity index (χ4n) is 3.21. The van der Waals surface area contributed by atoms with Crippen molar-refractivity contribution in [2.24, 2.45) is 0 Å². The van der Waals surface area contributed by atoms with Gasteiger partial charge in [0.25, 0.3) is 0 Å². The van der Waals surface area contributed by atoms with Crippen LogP contribution in [0.1, 0.15) is 37.8 Å². The largest absolute Gasteiger partial charge is 0.485 e. The third-order valence-corrected chi connectivity index (χ3v) is 4.46. The number of hydrogen-bond acceptors (Lipinski definition) is 3. The Bertz CT molecular complexity index is 527. The van der Waals surface area contributed by atoms with Gasteiger partial charge in [-0.3, -0.25) is 4.79 Å². The van der Waals surface area contributed by atoms with Crippen molar-refractivity contribution in [3.05, 3.63) is 28.8 Å². The normalized spacial score (nSPS) is 23.8.